The van der Waals surface area contributed by atoms with E-state index in [1.54, 1.807) is 13.8 Å². The fourth-order valence-electron chi connectivity index (χ4n) is 1.11. The number of benzene rings is 1. The van der Waals surface area contributed by atoms with Gasteiger partial charge in [-0.1, -0.05) is 5.92 Å². The van der Waals surface area contributed by atoms with Crippen LogP contribution in [-0.4, -0.2) is 22.8 Å². The number of non-ortho nitro benzene ring substituents is 1. The van der Waals surface area contributed by atoms with E-state index >= 15 is 0 Å². The van der Waals surface area contributed by atoms with Crippen molar-refractivity contribution in [2.24, 2.45) is 0 Å². The van der Waals surface area contributed by atoms with Gasteiger partial charge in [0.15, 0.2) is 0 Å². The maximum Gasteiger partial charge on any atom is 0.388 e. The highest BCUT2D eigenvalue weighted by atomic mass is 16.6. The van der Waals surface area contributed by atoms with Crippen LogP contribution in [0.3, 0.4) is 0 Å². The molecule has 1 aromatic carbocycles. The third-order valence-electron chi connectivity index (χ3n) is 1.93. The highest BCUT2D eigenvalue weighted by Crippen LogP contribution is 2.10. The Morgan fingerprint density at radius 2 is 1.84 bits per heavy atom. The first-order valence-corrected chi connectivity index (χ1v) is 5.41. The normalized spacial score (nSPS) is 9.42. The third kappa shape index (κ3) is 4.60. The van der Waals surface area contributed by atoms with Gasteiger partial charge in [-0.05, 0) is 31.9 Å². The summed E-state index contributed by atoms with van der Waals surface area (Å²) in [7, 11) is 0. The third-order valence-corrected chi connectivity index (χ3v) is 1.93. The Morgan fingerprint density at radius 3 is 2.32 bits per heavy atom. The quantitative estimate of drug-likeness (QED) is 0.270. The molecule has 0 saturated heterocycles. The monoisotopic (exact) mass is 261 g/mol. The van der Waals surface area contributed by atoms with Gasteiger partial charge in [0.1, 0.15) is 0 Å². The molecule has 0 bridgehead atoms. The second-order valence-corrected chi connectivity index (χ2v) is 3.84. The lowest BCUT2D eigenvalue weighted by atomic mass is 10.2. The van der Waals surface area contributed by atoms with E-state index in [4.69, 9.17) is 0 Å². The van der Waals surface area contributed by atoms with Crippen molar-refractivity contribution in [2.45, 2.75) is 20.0 Å². The number of carbonyl (C=O) groups excluding carboxylic acids is 2. The number of nitro benzene ring substituents is 1. The summed E-state index contributed by atoms with van der Waals surface area (Å²) in [4.78, 5) is 32.3. The van der Waals surface area contributed by atoms with Gasteiger partial charge >= 0.3 is 11.8 Å². The molecular weight excluding hydrogens is 250 g/mol. The molecule has 0 unspecified atom stereocenters. The molecule has 0 atom stereocenters. The van der Waals surface area contributed by atoms with Gasteiger partial charge in [0.2, 0.25) is 0 Å². The van der Waals surface area contributed by atoms with E-state index in [1.165, 1.54) is 24.3 Å². The molecule has 0 amide bonds. The molecule has 0 aliphatic heterocycles. The van der Waals surface area contributed by atoms with Crippen molar-refractivity contribution in [1.29, 1.82) is 0 Å². The van der Waals surface area contributed by atoms with E-state index in [0.29, 0.717) is 5.56 Å². The van der Waals surface area contributed by atoms with Gasteiger partial charge in [0, 0.05) is 17.7 Å². The minimum atomic E-state index is -1.01. The van der Waals surface area contributed by atoms with Crippen LogP contribution in [0.5, 0.6) is 0 Å². The molecule has 0 fully saturated rings. The average Bonchev–Trinajstić information content (AvgIpc) is 2.35. The Hall–Kier alpha value is -2.68. The van der Waals surface area contributed by atoms with Gasteiger partial charge in [-0.3, -0.25) is 14.9 Å². The Kier molecular flexibility index (Phi) is 4.77. The summed E-state index contributed by atoms with van der Waals surface area (Å²) in [6, 6.07) is 5.32. The molecule has 19 heavy (non-hydrogen) atoms. The maximum atomic E-state index is 11.3. The largest absolute Gasteiger partial charge is 0.456 e. The van der Waals surface area contributed by atoms with Crippen molar-refractivity contribution in [3.05, 3.63) is 39.9 Å². The topological polar surface area (TPSA) is 86.5 Å². The second-order valence-electron chi connectivity index (χ2n) is 3.84. The number of ether oxygens (including phenoxy) is 1. The summed E-state index contributed by atoms with van der Waals surface area (Å²) >= 11 is 0. The summed E-state index contributed by atoms with van der Waals surface area (Å²) < 4.78 is 4.67. The van der Waals surface area contributed by atoms with Crippen molar-refractivity contribution in [2.75, 3.05) is 0 Å². The van der Waals surface area contributed by atoms with E-state index in [9.17, 15) is 19.7 Å². The van der Waals surface area contributed by atoms with E-state index in [1.807, 2.05) is 0 Å². The molecule has 0 aliphatic carbocycles. The summed E-state index contributed by atoms with van der Waals surface area (Å²) in [6.45, 7) is 3.24. The number of Topliss-reactive ketones (excluding diaryl/α,β-unsaturated/α-hetero) is 1. The first-order chi connectivity index (χ1) is 8.90. The lowest BCUT2D eigenvalue weighted by Gasteiger charge is -2.03. The van der Waals surface area contributed by atoms with Crippen LogP contribution in [0.25, 0.3) is 0 Å². The van der Waals surface area contributed by atoms with Gasteiger partial charge in [-0.15, -0.1) is 0 Å². The zero-order valence-electron chi connectivity index (χ0n) is 10.4. The van der Waals surface area contributed by atoms with E-state index in [0.717, 1.165) is 0 Å². The van der Waals surface area contributed by atoms with Crippen molar-refractivity contribution in [3.8, 4) is 11.8 Å². The summed E-state index contributed by atoms with van der Waals surface area (Å²) in [6.07, 6.45) is -0.391. The van der Waals surface area contributed by atoms with Crippen LogP contribution < -0.4 is 0 Å². The van der Waals surface area contributed by atoms with E-state index in [2.05, 4.69) is 16.6 Å². The van der Waals surface area contributed by atoms with Crippen molar-refractivity contribution >= 4 is 17.4 Å². The summed E-state index contributed by atoms with van der Waals surface area (Å²) in [5, 5.41) is 10.4. The Balaban J connectivity index is 2.75. The van der Waals surface area contributed by atoms with Crippen LogP contribution in [0.2, 0.25) is 0 Å². The van der Waals surface area contributed by atoms with Crippen LogP contribution in [0.15, 0.2) is 24.3 Å². The molecule has 0 aliphatic rings. The zero-order chi connectivity index (χ0) is 14.4. The number of carbonyl (C=O) groups is 2. The molecule has 0 N–H and O–H groups in total. The Labute approximate surface area is 109 Å². The van der Waals surface area contributed by atoms with Crippen LogP contribution in [0, 0.1) is 22.0 Å². The number of hydrogen-bond donors (Lipinski definition) is 0. The van der Waals surface area contributed by atoms with Gasteiger partial charge in [-0.2, -0.15) is 0 Å². The fourth-order valence-corrected chi connectivity index (χ4v) is 1.11. The van der Waals surface area contributed by atoms with Gasteiger partial charge in [0.25, 0.3) is 5.69 Å². The zero-order valence-corrected chi connectivity index (χ0v) is 10.4. The highest BCUT2D eigenvalue weighted by molar-refractivity contribution is 6.41. The lowest BCUT2D eigenvalue weighted by Crippen LogP contribution is -2.19. The minimum Gasteiger partial charge on any atom is -0.456 e. The van der Waals surface area contributed by atoms with Crippen molar-refractivity contribution in [1.82, 2.24) is 0 Å². The SMILES string of the molecule is CC(C)OC(=O)C(=O)C#Cc1ccc([N+](=O)[O-])cc1. The van der Waals surface area contributed by atoms with Crippen LogP contribution >= 0.6 is 0 Å². The van der Waals surface area contributed by atoms with Crippen LogP contribution in [-0.2, 0) is 14.3 Å². The number of hydrogen-bond acceptors (Lipinski definition) is 5. The molecule has 98 valence electrons. The fraction of sp³-hybridized carbons (Fsp3) is 0.231. The first-order valence-electron chi connectivity index (χ1n) is 5.41. The van der Waals surface area contributed by atoms with E-state index < -0.39 is 22.8 Å². The molecule has 0 aromatic heterocycles. The second kappa shape index (κ2) is 6.31. The van der Waals surface area contributed by atoms with Gasteiger partial charge in [-0.25, -0.2) is 4.79 Å². The molecule has 0 spiro atoms. The van der Waals surface area contributed by atoms with Crippen molar-refractivity contribution < 1.29 is 19.2 Å². The van der Waals surface area contributed by atoms with Crippen LogP contribution in [0.4, 0.5) is 5.69 Å². The van der Waals surface area contributed by atoms with Crippen LogP contribution in [0.1, 0.15) is 19.4 Å². The van der Waals surface area contributed by atoms with E-state index in [-0.39, 0.29) is 5.69 Å². The molecule has 0 saturated carbocycles. The first kappa shape index (κ1) is 14.4. The van der Waals surface area contributed by atoms with Gasteiger partial charge in [0.05, 0.1) is 11.0 Å². The maximum absolute atomic E-state index is 11.3. The highest BCUT2D eigenvalue weighted by Gasteiger charge is 2.13. The predicted octanol–water partition coefficient (Wildman–Crippen LogP) is 1.47. The number of rotatable bonds is 3. The average molecular weight is 261 g/mol. The standard InChI is InChI=1S/C13H11NO5/c1-9(2)19-13(16)12(15)8-5-10-3-6-11(7-4-10)14(17)18/h3-4,6-7,9H,1-2H3. The minimum absolute atomic E-state index is 0.0731. The van der Waals surface area contributed by atoms with Gasteiger partial charge < -0.3 is 4.74 Å². The van der Waals surface area contributed by atoms with Crippen molar-refractivity contribution in [3.63, 3.8) is 0 Å². The number of nitro groups is 1. The molecule has 6 heteroatoms. The number of ketones is 1. The Bertz CT molecular complexity index is 563. The number of esters is 1. The predicted molar refractivity (Wildman–Crippen MR) is 66.2 cm³/mol. The number of nitrogens with zero attached hydrogens (tertiary/aromatic N) is 1. The smallest absolute Gasteiger partial charge is 0.388 e. The summed E-state index contributed by atoms with van der Waals surface area (Å²) in [5.41, 5.74) is 0.326. The summed E-state index contributed by atoms with van der Waals surface area (Å²) in [5.74, 6) is 2.60. The molecule has 0 heterocycles. The molecular formula is C13H11NO5. The molecule has 0 radical (unpaired) electrons. The molecule has 1 aromatic rings. The molecule has 1 rings (SSSR count). The molecule has 6 nitrogen and oxygen atoms in total. The Morgan fingerprint density at radius 1 is 1.26 bits per heavy atom. The lowest BCUT2D eigenvalue weighted by molar-refractivity contribution is -0.384.